The zero-order valence-corrected chi connectivity index (χ0v) is 18.5. The predicted molar refractivity (Wildman–Crippen MR) is 122 cm³/mol. The van der Waals surface area contributed by atoms with Gasteiger partial charge in [0.15, 0.2) is 0 Å². The van der Waals surface area contributed by atoms with Crippen LogP contribution in [0.15, 0.2) is 48.5 Å². The van der Waals surface area contributed by atoms with Crippen LogP contribution in [0.3, 0.4) is 0 Å². The summed E-state index contributed by atoms with van der Waals surface area (Å²) >= 11 is 0. The lowest BCUT2D eigenvalue weighted by atomic mass is 10.0. The topological polar surface area (TPSA) is 62.8 Å². The number of hydrogen-bond acceptors (Lipinski definition) is 5. The maximum absolute atomic E-state index is 12.6. The molecule has 0 radical (unpaired) electrons. The molecule has 7 heteroatoms. The Bertz CT molecular complexity index is 786. The highest BCUT2D eigenvalue weighted by Gasteiger charge is 2.27. The van der Waals surface area contributed by atoms with E-state index in [0.29, 0.717) is 19.7 Å². The fourth-order valence-electron chi connectivity index (χ4n) is 3.55. The molecule has 1 heterocycles. The van der Waals surface area contributed by atoms with Crippen LogP contribution in [0.1, 0.15) is 30.5 Å². The van der Waals surface area contributed by atoms with Crippen LogP contribution < -0.4 is 20.1 Å². The Hall–Kier alpha value is -2.28. The summed E-state index contributed by atoms with van der Waals surface area (Å²) in [5, 5.41) is 6.46. The van der Waals surface area contributed by atoms with Gasteiger partial charge >= 0.3 is 0 Å². The highest BCUT2D eigenvalue weighted by atomic mass is 35.5. The van der Waals surface area contributed by atoms with E-state index in [1.807, 2.05) is 42.5 Å². The molecule has 3 rings (SSSR count). The summed E-state index contributed by atoms with van der Waals surface area (Å²) in [6.07, 6.45) is 0.986. The average Bonchev–Trinajstić information content (AvgIpc) is 2.77. The number of methoxy groups -OCH3 is 1. The Morgan fingerprint density at radius 3 is 2.70 bits per heavy atom. The van der Waals surface area contributed by atoms with Crippen LogP contribution >= 0.6 is 12.4 Å². The molecule has 30 heavy (non-hydrogen) atoms. The lowest BCUT2D eigenvalue weighted by Crippen LogP contribution is -2.49. The van der Waals surface area contributed by atoms with Crippen LogP contribution in [-0.4, -0.2) is 50.7 Å². The van der Waals surface area contributed by atoms with Crippen molar-refractivity contribution in [1.29, 1.82) is 0 Å². The first kappa shape index (κ1) is 24.0. The second-order valence-corrected chi connectivity index (χ2v) is 7.20. The molecule has 1 aliphatic rings. The summed E-state index contributed by atoms with van der Waals surface area (Å²) in [6.45, 7) is 6.17. The van der Waals surface area contributed by atoms with E-state index in [1.54, 1.807) is 7.11 Å². The molecule has 0 aliphatic carbocycles. The van der Waals surface area contributed by atoms with E-state index in [-0.39, 0.29) is 24.4 Å². The van der Waals surface area contributed by atoms with Crippen LogP contribution in [0, 0.1) is 0 Å². The summed E-state index contributed by atoms with van der Waals surface area (Å²) < 4.78 is 11.1. The van der Waals surface area contributed by atoms with Gasteiger partial charge < -0.3 is 20.1 Å². The zero-order valence-electron chi connectivity index (χ0n) is 17.7. The molecule has 1 atom stereocenters. The monoisotopic (exact) mass is 433 g/mol. The first-order valence-corrected chi connectivity index (χ1v) is 10.3. The van der Waals surface area contributed by atoms with Gasteiger partial charge in [-0.15, -0.1) is 12.4 Å². The maximum atomic E-state index is 12.6. The smallest absolute Gasteiger partial charge is 0.234 e. The van der Waals surface area contributed by atoms with Gasteiger partial charge in [0.25, 0.3) is 0 Å². The number of para-hydroxylation sites is 1. The largest absolute Gasteiger partial charge is 0.496 e. The van der Waals surface area contributed by atoms with Gasteiger partial charge in [0.2, 0.25) is 5.91 Å². The average molecular weight is 434 g/mol. The van der Waals surface area contributed by atoms with E-state index in [1.165, 1.54) is 0 Å². The van der Waals surface area contributed by atoms with Gasteiger partial charge in [0.05, 0.1) is 26.3 Å². The molecule has 0 bridgehead atoms. The number of hydrogen-bond donors (Lipinski definition) is 2. The van der Waals surface area contributed by atoms with E-state index >= 15 is 0 Å². The van der Waals surface area contributed by atoms with Crippen molar-refractivity contribution in [3.8, 4) is 11.5 Å². The number of ether oxygens (including phenoxy) is 2. The number of carbonyl (C=O) groups is 1. The predicted octanol–water partition coefficient (Wildman–Crippen LogP) is 3.17. The number of rotatable bonds is 9. The fraction of sp³-hybridized carbons (Fsp3) is 0.435. The highest BCUT2D eigenvalue weighted by Crippen LogP contribution is 2.29. The van der Waals surface area contributed by atoms with E-state index in [9.17, 15) is 4.79 Å². The number of halogens is 1. The molecule has 0 saturated carbocycles. The Morgan fingerprint density at radius 2 is 1.97 bits per heavy atom. The summed E-state index contributed by atoms with van der Waals surface area (Å²) in [5.41, 5.74) is 2.17. The summed E-state index contributed by atoms with van der Waals surface area (Å²) in [4.78, 5) is 14.8. The minimum atomic E-state index is 0. The normalized spacial score (nSPS) is 16.4. The van der Waals surface area contributed by atoms with Crippen molar-refractivity contribution in [2.45, 2.75) is 25.9 Å². The van der Waals surface area contributed by atoms with Crippen molar-refractivity contribution in [2.24, 2.45) is 0 Å². The van der Waals surface area contributed by atoms with E-state index in [2.05, 4.69) is 28.5 Å². The molecule has 164 valence electrons. The van der Waals surface area contributed by atoms with Gasteiger partial charge in [0, 0.05) is 31.7 Å². The van der Waals surface area contributed by atoms with Gasteiger partial charge in [-0.25, -0.2) is 0 Å². The number of carbonyl (C=O) groups excluding carboxylic acids is 1. The zero-order chi connectivity index (χ0) is 20.5. The Balaban J connectivity index is 0.00000320. The molecule has 0 spiro atoms. The molecular formula is C23H32ClN3O3. The van der Waals surface area contributed by atoms with Crippen molar-refractivity contribution in [3.05, 3.63) is 59.7 Å². The van der Waals surface area contributed by atoms with Crippen molar-refractivity contribution >= 4 is 18.3 Å². The van der Waals surface area contributed by atoms with Gasteiger partial charge in [-0.2, -0.15) is 0 Å². The van der Waals surface area contributed by atoms with Gasteiger partial charge in [-0.1, -0.05) is 37.3 Å². The van der Waals surface area contributed by atoms with Crippen LogP contribution in [0.2, 0.25) is 0 Å². The Morgan fingerprint density at radius 1 is 1.20 bits per heavy atom. The number of nitrogens with zero attached hydrogens (tertiary/aromatic N) is 1. The van der Waals surface area contributed by atoms with Crippen molar-refractivity contribution < 1.29 is 14.3 Å². The summed E-state index contributed by atoms with van der Waals surface area (Å²) in [6, 6.07) is 16.0. The molecule has 0 aromatic heterocycles. The molecule has 1 saturated heterocycles. The third-order valence-electron chi connectivity index (χ3n) is 5.08. The molecule has 2 N–H and O–H groups in total. The maximum Gasteiger partial charge on any atom is 0.234 e. The van der Waals surface area contributed by atoms with Crippen LogP contribution in [-0.2, 0) is 11.3 Å². The van der Waals surface area contributed by atoms with Crippen molar-refractivity contribution in [1.82, 2.24) is 15.5 Å². The van der Waals surface area contributed by atoms with E-state index < -0.39 is 0 Å². The minimum Gasteiger partial charge on any atom is -0.496 e. The molecular weight excluding hydrogens is 402 g/mol. The van der Waals surface area contributed by atoms with Crippen LogP contribution in [0.4, 0.5) is 0 Å². The van der Waals surface area contributed by atoms with Gasteiger partial charge in [0.1, 0.15) is 11.5 Å². The lowest BCUT2D eigenvalue weighted by molar-refractivity contribution is -0.123. The number of amides is 1. The fourth-order valence-corrected chi connectivity index (χ4v) is 3.55. The van der Waals surface area contributed by atoms with Crippen LogP contribution in [0.25, 0.3) is 0 Å². The summed E-state index contributed by atoms with van der Waals surface area (Å²) in [5.74, 6) is 1.75. The SMILES string of the molecule is CCCOc1ccc(CNC(=O)CN2CCNCC2c2ccccc2OC)cc1.Cl. The Kier molecular flexibility index (Phi) is 9.94. The van der Waals surface area contributed by atoms with Crippen molar-refractivity contribution in [2.75, 3.05) is 39.9 Å². The Labute approximate surface area is 185 Å². The third kappa shape index (κ3) is 6.62. The van der Waals surface area contributed by atoms with Gasteiger partial charge in [-0.05, 0) is 30.2 Å². The number of benzene rings is 2. The van der Waals surface area contributed by atoms with Crippen LogP contribution in [0.5, 0.6) is 11.5 Å². The van der Waals surface area contributed by atoms with E-state index in [4.69, 9.17) is 9.47 Å². The quantitative estimate of drug-likeness (QED) is 0.636. The second kappa shape index (κ2) is 12.4. The van der Waals surface area contributed by atoms with E-state index in [0.717, 1.165) is 48.7 Å². The number of piperazine rings is 1. The summed E-state index contributed by atoms with van der Waals surface area (Å²) in [7, 11) is 1.69. The molecule has 2 aromatic rings. The molecule has 1 amide bonds. The first-order chi connectivity index (χ1) is 14.2. The minimum absolute atomic E-state index is 0. The molecule has 2 aromatic carbocycles. The lowest BCUT2D eigenvalue weighted by Gasteiger charge is -2.36. The molecule has 1 unspecified atom stereocenters. The standard InChI is InChI=1S/C23H31N3O3.ClH/c1-3-14-29-19-10-8-18(9-11-19)15-25-23(27)17-26-13-12-24-16-21(26)20-6-4-5-7-22(20)28-2;/h4-11,21,24H,3,12-17H2,1-2H3,(H,25,27);1H. The molecule has 1 aliphatic heterocycles. The van der Waals surface area contributed by atoms with Gasteiger partial charge in [-0.3, -0.25) is 9.69 Å². The highest BCUT2D eigenvalue weighted by molar-refractivity contribution is 5.85. The number of nitrogens with one attached hydrogen (secondary N) is 2. The first-order valence-electron chi connectivity index (χ1n) is 10.3. The second-order valence-electron chi connectivity index (χ2n) is 7.20. The third-order valence-corrected chi connectivity index (χ3v) is 5.08. The molecule has 6 nitrogen and oxygen atoms in total. The van der Waals surface area contributed by atoms with Crippen molar-refractivity contribution in [3.63, 3.8) is 0 Å². The molecule has 1 fully saturated rings.